The summed E-state index contributed by atoms with van der Waals surface area (Å²) in [6.07, 6.45) is 0.814. The number of nitrogens with two attached hydrogens (primary N) is 2. The number of benzene rings is 1. The van der Waals surface area contributed by atoms with Gasteiger partial charge < -0.3 is 15.9 Å². The predicted molar refractivity (Wildman–Crippen MR) is 78.3 cm³/mol. The van der Waals surface area contributed by atoms with Crippen LogP contribution in [0.25, 0.3) is 0 Å². The van der Waals surface area contributed by atoms with Crippen molar-refractivity contribution in [2.24, 2.45) is 11.5 Å². The van der Waals surface area contributed by atoms with Crippen molar-refractivity contribution in [3.8, 4) is 5.75 Å². The molecule has 0 aliphatic carbocycles. The predicted octanol–water partition coefficient (Wildman–Crippen LogP) is 2.67. The summed E-state index contributed by atoms with van der Waals surface area (Å²) in [5.74, 6) is 0.933. The molecule has 98 valence electrons. The minimum atomic E-state index is -1.51. The Labute approximate surface area is 111 Å². The lowest BCUT2D eigenvalue weighted by atomic mass is 10.1. The first-order chi connectivity index (χ1) is 7.42. The van der Waals surface area contributed by atoms with E-state index in [9.17, 15) is 0 Å². The lowest BCUT2D eigenvalue weighted by Crippen LogP contribution is -2.29. The number of hydrogen-bond acceptors (Lipinski definition) is 3. The SMILES string of the molecule is C[Si](C)(C)Oc1ccc([C@H](N)CCN)cc1.Cl. The van der Waals surface area contributed by atoms with E-state index in [0.29, 0.717) is 6.54 Å². The quantitative estimate of drug-likeness (QED) is 0.812. The van der Waals surface area contributed by atoms with Crippen LogP contribution in [0, 0.1) is 0 Å². The highest BCUT2D eigenvalue weighted by Gasteiger charge is 2.16. The largest absolute Gasteiger partial charge is 0.544 e. The normalized spacial score (nSPS) is 12.8. The second-order valence-electron chi connectivity index (χ2n) is 4.97. The molecule has 1 aromatic rings. The highest BCUT2D eigenvalue weighted by atomic mass is 35.5. The Kier molecular flexibility index (Phi) is 6.78. The molecule has 1 rings (SSSR count). The van der Waals surface area contributed by atoms with Crippen LogP contribution in [0.1, 0.15) is 18.0 Å². The first-order valence-electron chi connectivity index (χ1n) is 5.67. The van der Waals surface area contributed by atoms with Crippen molar-refractivity contribution in [3.63, 3.8) is 0 Å². The third-order valence-electron chi connectivity index (χ3n) is 2.21. The van der Waals surface area contributed by atoms with Crippen molar-refractivity contribution in [2.45, 2.75) is 32.1 Å². The molecular weight excluding hydrogens is 252 g/mol. The molecule has 0 aliphatic rings. The molecule has 17 heavy (non-hydrogen) atoms. The average molecular weight is 275 g/mol. The Balaban J connectivity index is 0.00000256. The molecule has 0 aromatic heterocycles. The Morgan fingerprint density at radius 1 is 1.18 bits per heavy atom. The summed E-state index contributed by atoms with van der Waals surface area (Å²) in [4.78, 5) is 0. The van der Waals surface area contributed by atoms with Gasteiger partial charge in [-0.25, -0.2) is 0 Å². The fourth-order valence-corrected chi connectivity index (χ4v) is 2.33. The minimum Gasteiger partial charge on any atom is -0.544 e. The van der Waals surface area contributed by atoms with Crippen molar-refractivity contribution in [3.05, 3.63) is 29.8 Å². The van der Waals surface area contributed by atoms with Gasteiger partial charge in [0.05, 0.1) is 0 Å². The van der Waals surface area contributed by atoms with E-state index in [4.69, 9.17) is 15.9 Å². The minimum absolute atomic E-state index is 0. The fourth-order valence-electron chi connectivity index (χ4n) is 1.48. The van der Waals surface area contributed by atoms with Gasteiger partial charge in [0.25, 0.3) is 0 Å². The second kappa shape index (κ2) is 7.01. The van der Waals surface area contributed by atoms with Crippen molar-refractivity contribution < 1.29 is 4.43 Å². The van der Waals surface area contributed by atoms with Crippen LogP contribution in [-0.4, -0.2) is 14.9 Å². The molecule has 0 heterocycles. The number of halogens is 1. The van der Waals surface area contributed by atoms with Crippen molar-refractivity contribution in [2.75, 3.05) is 6.54 Å². The molecule has 0 unspecified atom stereocenters. The van der Waals surface area contributed by atoms with Crippen LogP contribution in [0.3, 0.4) is 0 Å². The summed E-state index contributed by atoms with van der Waals surface area (Å²) in [6, 6.07) is 8.06. The molecule has 0 amide bonds. The van der Waals surface area contributed by atoms with Gasteiger partial charge in [-0.1, -0.05) is 12.1 Å². The molecule has 4 N–H and O–H groups in total. The summed E-state index contributed by atoms with van der Waals surface area (Å²) in [6.45, 7) is 7.12. The van der Waals surface area contributed by atoms with Gasteiger partial charge in [-0.2, -0.15) is 0 Å². The molecule has 3 nitrogen and oxygen atoms in total. The summed E-state index contributed by atoms with van der Waals surface area (Å²) in [5, 5.41) is 0. The monoisotopic (exact) mass is 274 g/mol. The molecule has 1 atom stereocenters. The average Bonchev–Trinajstić information content (AvgIpc) is 2.16. The first-order valence-corrected chi connectivity index (χ1v) is 9.08. The van der Waals surface area contributed by atoms with E-state index in [0.717, 1.165) is 17.7 Å². The molecule has 0 saturated carbocycles. The molecule has 0 spiro atoms. The molecule has 0 radical (unpaired) electrons. The van der Waals surface area contributed by atoms with Gasteiger partial charge >= 0.3 is 0 Å². The van der Waals surface area contributed by atoms with E-state index in [1.165, 1.54) is 0 Å². The van der Waals surface area contributed by atoms with E-state index >= 15 is 0 Å². The van der Waals surface area contributed by atoms with E-state index in [1.54, 1.807) is 0 Å². The summed E-state index contributed by atoms with van der Waals surface area (Å²) >= 11 is 0. The highest BCUT2D eigenvalue weighted by Crippen LogP contribution is 2.20. The molecule has 1 aromatic carbocycles. The van der Waals surface area contributed by atoms with Gasteiger partial charge in [-0.15, -0.1) is 12.4 Å². The van der Waals surface area contributed by atoms with Crippen molar-refractivity contribution in [1.82, 2.24) is 0 Å². The lowest BCUT2D eigenvalue weighted by Gasteiger charge is -2.19. The Bertz CT molecular complexity index is 324. The molecule has 5 heteroatoms. The van der Waals surface area contributed by atoms with Crippen LogP contribution in [-0.2, 0) is 0 Å². The van der Waals surface area contributed by atoms with Crippen molar-refractivity contribution >= 4 is 20.7 Å². The summed E-state index contributed by atoms with van der Waals surface area (Å²) < 4.78 is 5.87. The van der Waals surface area contributed by atoms with Gasteiger partial charge in [-0.3, -0.25) is 0 Å². The highest BCUT2D eigenvalue weighted by molar-refractivity contribution is 6.70. The third-order valence-corrected chi connectivity index (χ3v) is 3.06. The van der Waals surface area contributed by atoms with Gasteiger partial charge in [-0.05, 0) is 50.3 Å². The maximum absolute atomic E-state index is 5.97. The van der Waals surface area contributed by atoms with Crippen LogP contribution < -0.4 is 15.9 Å². The Morgan fingerprint density at radius 3 is 2.12 bits per heavy atom. The van der Waals surface area contributed by atoms with E-state index in [1.807, 2.05) is 24.3 Å². The Hall–Kier alpha value is -0.553. The molecule has 0 fully saturated rings. The molecule has 0 bridgehead atoms. The fraction of sp³-hybridized carbons (Fsp3) is 0.500. The van der Waals surface area contributed by atoms with E-state index < -0.39 is 8.32 Å². The third kappa shape index (κ3) is 6.07. The topological polar surface area (TPSA) is 61.3 Å². The van der Waals surface area contributed by atoms with Crippen LogP contribution in [0.15, 0.2) is 24.3 Å². The lowest BCUT2D eigenvalue weighted by molar-refractivity contribution is 0.556. The van der Waals surface area contributed by atoms with Crippen molar-refractivity contribution in [1.29, 1.82) is 0 Å². The second-order valence-corrected chi connectivity index (χ2v) is 9.40. The van der Waals surface area contributed by atoms with Gasteiger partial charge in [0, 0.05) is 6.04 Å². The van der Waals surface area contributed by atoms with Crippen LogP contribution in [0.2, 0.25) is 19.6 Å². The van der Waals surface area contributed by atoms with Gasteiger partial charge in [0.2, 0.25) is 8.32 Å². The van der Waals surface area contributed by atoms with E-state index in [2.05, 4.69) is 19.6 Å². The molecule has 0 aliphatic heterocycles. The van der Waals surface area contributed by atoms with Crippen LogP contribution in [0.4, 0.5) is 0 Å². The summed E-state index contributed by atoms with van der Waals surface area (Å²) in [7, 11) is -1.51. The molecular formula is C12H23ClN2OSi. The van der Waals surface area contributed by atoms with Gasteiger partial charge in [0.15, 0.2) is 0 Å². The summed E-state index contributed by atoms with van der Waals surface area (Å²) in [5.41, 5.74) is 12.6. The smallest absolute Gasteiger partial charge is 0.242 e. The van der Waals surface area contributed by atoms with Gasteiger partial charge in [0.1, 0.15) is 5.75 Å². The standard InChI is InChI=1S/C12H22N2OSi.ClH/c1-16(2,3)15-11-6-4-10(5-7-11)12(14)8-9-13;/h4-7,12H,8-9,13-14H2,1-3H3;1H/t12-;/m1./s1. The Morgan fingerprint density at radius 2 is 1.71 bits per heavy atom. The first kappa shape index (κ1) is 16.4. The number of hydrogen-bond donors (Lipinski definition) is 2. The zero-order valence-corrected chi connectivity index (χ0v) is 12.6. The maximum atomic E-state index is 5.97. The van der Waals surface area contributed by atoms with E-state index in [-0.39, 0.29) is 18.4 Å². The van der Waals surface area contributed by atoms with Crippen LogP contribution >= 0.6 is 12.4 Å². The zero-order chi connectivity index (χ0) is 12.2. The maximum Gasteiger partial charge on any atom is 0.242 e. The molecule has 0 saturated heterocycles. The zero-order valence-electron chi connectivity index (χ0n) is 10.8. The number of rotatable bonds is 5. The van der Waals surface area contributed by atoms with Crippen LogP contribution in [0.5, 0.6) is 5.75 Å².